The quantitative estimate of drug-likeness (QED) is 0.642. The van der Waals surface area contributed by atoms with Gasteiger partial charge >= 0.3 is 0 Å². The Labute approximate surface area is 130 Å². The highest BCUT2D eigenvalue weighted by Crippen LogP contribution is 2.61. The topological polar surface area (TPSA) is 33.3 Å². The summed E-state index contributed by atoms with van der Waals surface area (Å²) >= 11 is 0. The van der Waals surface area contributed by atoms with E-state index in [1.165, 1.54) is 13.0 Å². The lowest BCUT2D eigenvalue weighted by Gasteiger charge is -2.57. The van der Waals surface area contributed by atoms with Crippen LogP contribution in [0.4, 0.5) is 0 Å². The average molecular weight is 294 g/mol. The molecule has 0 saturated heterocycles. The molecule has 4 aliphatic carbocycles. The van der Waals surface area contributed by atoms with E-state index in [1.54, 1.807) is 45.6 Å². The Morgan fingerprint density at radius 3 is 2.24 bits per heavy atom. The monoisotopic (exact) mass is 294 g/mol. The lowest BCUT2D eigenvalue weighted by Crippen LogP contribution is -2.47. The second-order valence-corrected chi connectivity index (χ2v) is 8.22. The number of methoxy groups -OCH3 is 1. The van der Waals surface area contributed by atoms with Crippen LogP contribution in [0, 0.1) is 23.2 Å². The van der Waals surface area contributed by atoms with Crippen molar-refractivity contribution >= 4 is 0 Å². The molecule has 4 aliphatic rings. The van der Waals surface area contributed by atoms with E-state index in [0.717, 1.165) is 42.9 Å². The molecule has 3 heteroatoms. The first-order valence-electron chi connectivity index (χ1n) is 9.12. The summed E-state index contributed by atoms with van der Waals surface area (Å²) in [5, 5.41) is 7.17. The minimum absolute atomic E-state index is 0.566. The van der Waals surface area contributed by atoms with Crippen molar-refractivity contribution in [3.8, 4) is 0 Å². The number of hydrogen-bond donors (Lipinski definition) is 2. The third-order valence-electron chi connectivity index (χ3n) is 6.25. The van der Waals surface area contributed by atoms with Gasteiger partial charge in [-0.25, -0.2) is 0 Å². The maximum Gasteiger partial charge on any atom is 0.0587 e. The summed E-state index contributed by atoms with van der Waals surface area (Å²) in [6, 6.07) is 0.566. The predicted molar refractivity (Wildman–Crippen MR) is 87.4 cm³/mol. The largest absolute Gasteiger partial charge is 0.383 e. The molecule has 0 aromatic carbocycles. The van der Waals surface area contributed by atoms with Gasteiger partial charge in [-0.1, -0.05) is 0 Å². The van der Waals surface area contributed by atoms with E-state index in [9.17, 15) is 0 Å². The molecule has 0 amide bonds. The predicted octanol–water partition coefficient (Wildman–Crippen LogP) is 2.81. The minimum Gasteiger partial charge on any atom is -0.383 e. The number of nitrogens with one attached hydrogen (secondary N) is 2. The van der Waals surface area contributed by atoms with E-state index in [-0.39, 0.29) is 0 Å². The smallest absolute Gasteiger partial charge is 0.0587 e. The van der Waals surface area contributed by atoms with Crippen molar-refractivity contribution < 1.29 is 4.74 Å². The summed E-state index contributed by atoms with van der Waals surface area (Å²) in [6.07, 6.45) is 10.7. The second kappa shape index (κ2) is 6.97. The third kappa shape index (κ3) is 4.00. The van der Waals surface area contributed by atoms with Gasteiger partial charge in [0.25, 0.3) is 0 Å². The first-order valence-corrected chi connectivity index (χ1v) is 9.12. The highest BCUT2D eigenvalue weighted by atomic mass is 16.5. The molecule has 0 aromatic rings. The Kier molecular flexibility index (Phi) is 5.23. The zero-order chi connectivity index (χ0) is 14.7. The van der Waals surface area contributed by atoms with Gasteiger partial charge in [0.15, 0.2) is 0 Å². The summed E-state index contributed by atoms with van der Waals surface area (Å²) in [4.78, 5) is 0. The van der Waals surface area contributed by atoms with Crippen molar-refractivity contribution in [3.05, 3.63) is 0 Å². The van der Waals surface area contributed by atoms with Crippen LogP contribution in [0.1, 0.15) is 51.9 Å². The van der Waals surface area contributed by atoms with Crippen molar-refractivity contribution in [2.24, 2.45) is 23.2 Å². The first kappa shape index (κ1) is 15.8. The standard InChI is InChI=1S/C18H34N2O/c1-14(13-19-5-6-21-2)20-4-3-18-10-15-7-16(11-18)9-17(8-15)12-18/h14-17,19-20H,3-13H2,1-2H3. The van der Waals surface area contributed by atoms with Gasteiger partial charge in [0.2, 0.25) is 0 Å². The van der Waals surface area contributed by atoms with Gasteiger partial charge in [-0.3, -0.25) is 0 Å². The molecule has 0 radical (unpaired) electrons. The Bertz CT molecular complexity index is 296. The van der Waals surface area contributed by atoms with Gasteiger partial charge in [0, 0.05) is 26.2 Å². The Morgan fingerprint density at radius 2 is 1.67 bits per heavy atom. The molecule has 4 bridgehead atoms. The van der Waals surface area contributed by atoms with Crippen LogP contribution < -0.4 is 10.6 Å². The molecule has 4 saturated carbocycles. The molecule has 3 nitrogen and oxygen atoms in total. The molecule has 0 spiro atoms. The molecule has 4 fully saturated rings. The summed E-state index contributed by atoms with van der Waals surface area (Å²) in [5.41, 5.74) is 0.727. The Hall–Kier alpha value is -0.120. The molecule has 1 atom stereocenters. The van der Waals surface area contributed by atoms with E-state index < -0.39 is 0 Å². The second-order valence-electron chi connectivity index (χ2n) is 8.22. The van der Waals surface area contributed by atoms with Crippen LogP contribution >= 0.6 is 0 Å². The Morgan fingerprint density at radius 1 is 1.05 bits per heavy atom. The molecule has 21 heavy (non-hydrogen) atoms. The van der Waals surface area contributed by atoms with Crippen LogP contribution in [0.25, 0.3) is 0 Å². The number of ether oxygens (including phenoxy) is 1. The number of rotatable bonds is 9. The fourth-order valence-electron chi connectivity index (χ4n) is 5.74. The normalized spacial score (nSPS) is 38.9. The third-order valence-corrected chi connectivity index (χ3v) is 6.25. The maximum atomic E-state index is 5.06. The highest BCUT2D eigenvalue weighted by molar-refractivity contribution is 5.01. The molecular formula is C18H34N2O. The fraction of sp³-hybridized carbons (Fsp3) is 1.00. The van der Waals surface area contributed by atoms with E-state index in [1.807, 2.05) is 0 Å². The Balaban J connectivity index is 1.35. The fourth-order valence-corrected chi connectivity index (χ4v) is 5.74. The van der Waals surface area contributed by atoms with Gasteiger partial charge in [-0.05, 0) is 81.6 Å². The minimum atomic E-state index is 0.566. The van der Waals surface area contributed by atoms with Gasteiger partial charge < -0.3 is 15.4 Å². The SMILES string of the molecule is COCCNCC(C)NCCC12CC3CC(CC(C3)C1)C2. The molecular weight excluding hydrogens is 260 g/mol. The maximum absolute atomic E-state index is 5.06. The molecule has 0 heterocycles. The highest BCUT2D eigenvalue weighted by Gasteiger charge is 2.50. The van der Waals surface area contributed by atoms with Crippen LogP contribution in [-0.4, -0.2) is 39.4 Å². The van der Waals surface area contributed by atoms with E-state index in [4.69, 9.17) is 4.74 Å². The van der Waals surface area contributed by atoms with E-state index in [0.29, 0.717) is 6.04 Å². The van der Waals surface area contributed by atoms with Crippen molar-refractivity contribution in [1.29, 1.82) is 0 Å². The molecule has 0 aromatic heterocycles. The molecule has 2 N–H and O–H groups in total. The van der Waals surface area contributed by atoms with Crippen molar-refractivity contribution in [2.45, 2.75) is 57.9 Å². The van der Waals surface area contributed by atoms with Gasteiger partial charge in [-0.2, -0.15) is 0 Å². The lowest BCUT2D eigenvalue weighted by atomic mass is 9.49. The lowest BCUT2D eigenvalue weighted by molar-refractivity contribution is -0.0569. The van der Waals surface area contributed by atoms with Crippen LogP contribution in [0.3, 0.4) is 0 Å². The van der Waals surface area contributed by atoms with Gasteiger partial charge in [0.1, 0.15) is 0 Å². The molecule has 0 aliphatic heterocycles. The summed E-state index contributed by atoms with van der Waals surface area (Å²) < 4.78 is 5.06. The van der Waals surface area contributed by atoms with E-state index in [2.05, 4.69) is 17.6 Å². The zero-order valence-corrected chi connectivity index (χ0v) is 14.0. The van der Waals surface area contributed by atoms with Gasteiger partial charge in [-0.15, -0.1) is 0 Å². The number of hydrogen-bond acceptors (Lipinski definition) is 3. The summed E-state index contributed by atoms with van der Waals surface area (Å²) in [7, 11) is 1.76. The van der Waals surface area contributed by atoms with Gasteiger partial charge in [0.05, 0.1) is 6.61 Å². The van der Waals surface area contributed by atoms with Crippen LogP contribution in [0.15, 0.2) is 0 Å². The summed E-state index contributed by atoms with van der Waals surface area (Å²) in [6.45, 7) is 6.31. The molecule has 4 rings (SSSR count). The van der Waals surface area contributed by atoms with Crippen LogP contribution in [0.5, 0.6) is 0 Å². The van der Waals surface area contributed by atoms with E-state index >= 15 is 0 Å². The molecule has 122 valence electrons. The first-order chi connectivity index (χ1) is 10.2. The van der Waals surface area contributed by atoms with Crippen molar-refractivity contribution in [1.82, 2.24) is 10.6 Å². The van der Waals surface area contributed by atoms with Crippen molar-refractivity contribution in [2.75, 3.05) is 33.4 Å². The average Bonchev–Trinajstić information content (AvgIpc) is 2.42. The van der Waals surface area contributed by atoms with Crippen molar-refractivity contribution in [3.63, 3.8) is 0 Å². The molecule has 1 unspecified atom stereocenters. The van der Waals surface area contributed by atoms with Crippen LogP contribution in [-0.2, 0) is 4.74 Å². The summed E-state index contributed by atoms with van der Waals surface area (Å²) in [5.74, 6) is 3.26. The van der Waals surface area contributed by atoms with Crippen LogP contribution in [0.2, 0.25) is 0 Å². The zero-order valence-electron chi connectivity index (χ0n) is 14.0.